The number of pyridine rings is 1. The van der Waals surface area contributed by atoms with Crippen LogP contribution in [0.5, 0.6) is 0 Å². The minimum Gasteiger partial charge on any atom is -0.370 e. The van der Waals surface area contributed by atoms with Gasteiger partial charge < -0.3 is 5.32 Å². The van der Waals surface area contributed by atoms with Crippen LogP contribution in [-0.2, 0) is 11.5 Å². The van der Waals surface area contributed by atoms with Crippen molar-refractivity contribution in [3.63, 3.8) is 0 Å². The Kier molecular flexibility index (Phi) is 4.08. The van der Waals surface area contributed by atoms with Crippen molar-refractivity contribution in [2.45, 2.75) is 24.9 Å². The maximum Gasteiger partial charge on any atom is 0.182 e. The lowest BCUT2D eigenvalue weighted by Gasteiger charge is -2.11. The Morgan fingerprint density at radius 1 is 1.35 bits per heavy atom. The maximum atomic E-state index is 6.20. The molecule has 2 aromatic heterocycles. The number of nitrogens with one attached hydrogen (secondary N) is 1. The van der Waals surface area contributed by atoms with Gasteiger partial charge in [0.25, 0.3) is 0 Å². The van der Waals surface area contributed by atoms with E-state index in [2.05, 4.69) is 27.2 Å². The summed E-state index contributed by atoms with van der Waals surface area (Å²) in [6.07, 6.45) is 2.78. The van der Waals surface area contributed by atoms with Crippen LogP contribution >= 0.6 is 23.4 Å². The Morgan fingerprint density at radius 3 is 3.05 bits per heavy atom. The standard InChI is InChI=1S/C14H15ClN4S/c1-2-5-17-13-9-7-20-8-11(9)18-14(19-13)12-10(15)4-3-6-16-12/h3-4,6H,2,5,7-8H2,1H3,(H,17,18,19). The van der Waals surface area contributed by atoms with Gasteiger partial charge in [-0.1, -0.05) is 18.5 Å². The third-order valence-corrected chi connectivity index (χ3v) is 4.37. The van der Waals surface area contributed by atoms with E-state index >= 15 is 0 Å². The molecule has 0 aliphatic carbocycles. The fourth-order valence-electron chi connectivity index (χ4n) is 2.10. The lowest BCUT2D eigenvalue weighted by Crippen LogP contribution is -2.08. The highest BCUT2D eigenvalue weighted by Gasteiger charge is 2.21. The van der Waals surface area contributed by atoms with Crippen LogP contribution in [0.25, 0.3) is 11.5 Å². The van der Waals surface area contributed by atoms with Crippen molar-refractivity contribution in [2.75, 3.05) is 11.9 Å². The predicted molar refractivity (Wildman–Crippen MR) is 84.1 cm³/mol. The second-order valence-electron chi connectivity index (χ2n) is 4.57. The van der Waals surface area contributed by atoms with Gasteiger partial charge in [-0.3, -0.25) is 4.98 Å². The second kappa shape index (κ2) is 5.97. The van der Waals surface area contributed by atoms with Crippen molar-refractivity contribution in [3.8, 4) is 11.5 Å². The molecule has 1 N–H and O–H groups in total. The van der Waals surface area contributed by atoms with Crippen LogP contribution in [0.3, 0.4) is 0 Å². The average molecular weight is 307 g/mol. The Morgan fingerprint density at radius 2 is 2.25 bits per heavy atom. The molecule has 0 fully saturated rings. The van der Waals surface area contributed by atoms with E-state index in [4.69, 9.17) is 11.6 Å². The van der Waals surface area contributed by atoms with E-state index in [0.717, 1.165) is 36.0 Å². The van der Waals surface area contributed by atoms with E-state index in [1.54, 1.807) is 6.20 Å². The number of aromatic nitrogens is 3. The van der Waals surface area contributed by atoms with Gasteiger partial charge in [-0.15, -0.1) is 0 Å². The first kappa shape index (κ1) is 13.6. The highest BCUT2D eigenvalue weighted by molar-refractivity contribution is 7.98. The van der Waals surface area contributed by atoms with Crippen molar-refractivity contribution in [1.82, 2.24) is 15.0 Å². The third-order valence-electron chi connectivity index (χ3n) is 3.09. The number of thioether (sulfide) groups is 1. The summed E-state index contributed by atoms with van der Waals surface area (Å²) in [6.45, 7) is 3.04. The van der Waals surface area contributed by atoms with Crippen molar-refractivity contribution < 1.29 is 0 Å². The molecule has 0 saturated heterocycles. The summed E-state index contributed by atoms with van der Waals surface area (Å²) in [5.74, 6) is 3.43. The molecule has 0 atom stereocenters. The molecule has 0 bridgehead atoms. The molecule has 2 aromatic rings. The highest BCUT2D eigenvalue weighted by atomic mass is 35.5. The normalized spacial score (nSPS) is 13.3. The smallest absolute Gasteiger partial charge is 0.182 e. The number of rotatable bonds is 4. The van der Waals surface area contributed by atoms with Crippen molar-refractivity contribution in [3.05, 3.63) is 34.6 Å². The molecule has 1 aliphatic heterocycles. The zero-order chi connectivity index (χ0) is 13.9. The van der Waals surface area contributed by atoms with Crippen LogP contribution in [0.1, 0.15) is 24.6 Å². The van der Waals surface area contributed by atoms with Crippen LogP contribution in [0.2, 0.25) is 5.02 Å². The fraction of sp³-hybridized carbons (Fsp3) is 0.357. The summed E-state index contributed by atoms with van der Waals surface area (Å²) in [5, 5.41) is 3.97. The lowest BCUT2D eigenvalue weighted by molar-refractivity contribution is 0.953. The largest absolute Gasteiger partial charge is 0.370 e. The molecular formula is C14H15ClN4S. The van der Waals surface area contributed by atoms with E-state index < -0.39 is 0 Å². The third kappa shape index (κ3) is 2.60. The molecule has 6 heteroatoms. The van der Waals surface area contributed by atoms with Gasteiger partial charge in [0.2, 0.25) is 0 Å². The minimum absolute atomic E-state index is 0.583. The number of nitrogens with zero attached hydrogens (tertiary/aromatic N) is 3. The quantitative estimate of drug-likeness (QED) is 0.932. The Balaban J connectivity index is 2.06. The van der Waals surface area contributed by atoms with E-state index in [1.165, 1.54) is 5.56 Å². The van der Waals surface area contributed by atoms with Crippen LogP contribution in [-0.4, -0.2) is 21.5 Å². The van der Waals surface area contributed by atoms with Crippen molar-refractivity contribution >= 4 is 29.2 Å². The van der Waals surface area contributed by atoms with Crippen LogP contribution < -0.4 is 5.32 Å². The molecule has 104 valence electrons. The average Bonchev–Trinajstić information content (AvgIpc) is 2.93. The molecule has 0 aromatic carbocycles. The summed E-state index contributed by atoms with van der Waals surface area (Å²) < 4.78 is 0. The summed E-state index contributed by atoms with van der Waals surface area (Å²) in [7, 11) is 0. The highest BCUT2D eigenvalue weighted by Crippen LogP contribution is 2.35. The van der Waals surface area contributed by atoms with Gasteiger partial charge in [-0.2, -0.15) is 11.8 Å². The molecule has 3 rings (SSSR count). The predicted octanol–water partition coefficient (Wildman–Crippen LogP) is 3.76. The fourth-order valence-corrected chi connectivity index (χ4v) is 3.34. The minimum atomic E-state index is 0.583. The maximum absolute atomic E-state index is 6.20. The van der Waals surface area contributed by atoms with Crippen LogP contribution in [0, 0.1) is 0 Å². The molecule has 0 unspecified atom stereocenters. The van der Waals surface area contributed by atoms with Gasteiger partial charge in [-0.05, 0) is 18.6 Å². The second-order valence-corrected chi connectivity index (χ2v) is 5.97. The monoisotopic (exact) mass is 306 g/mol. The van der Waals surface area contributed by atoms with E-state index in [0.29, 0.717) is 16.5 Å². The Labute approximate surface area is 127 Å². The number of hydrogen-bond acceptors (Lipinski definition) is 5. The first-order chi connectivity index (χ1) is 9.79. The first-order valence-corrected chi connectivity index (χ1v) is 8.15. The van der Waals surface area contributed by atoms with Gasteiger partial charge in [0.15, 0.2) is 5.82 Å². The summed E-state index contributed by atoms with van der Waals surface area (Å²) in [4.78, 5) is 13.6. The summed E-state index contributed by atoms with van der Waals surface area (Å²) in [5.41, 5.74) is 2.97. The molecule has 0 amide bonds. The molecule has 0 radical (unpaired) electrons. The van der Waals surface area contributed by atoms with E-state index in [1.807, 2.05) is 23.9 Å². The number of hydrogen-bond donors (Lipinski definition) is 1. The van der Waals surface area contributed by atoms with Gasteiger partial charge in [-0.25, -0.2) is 9.97 Å². The van der Waals surface area contributed by atoms with E-state index in [-0.39, 0.29) is 0 Å². The summed E-state index contributed by atoms with van der Waals surface area (Å²) >= 11 is 8.06. The zero-order valence-corrected chi connectivity index (χ0v) is 12.8. The Bertz CT molecular complexity index is 633. The van der Waals surface area contributed by atoms with Crippen molar-refractivity contribution in [2.24, 2.45) is 0 Å². The topological polar surface area (TPSA) is 50.7 Å². The number of anilines is 1. The van der Waals surface area contributed by atoms with Gasteiger partial charge >= 0.3 is 0 Å². The number of halogens is 1. The van der Waals surface area contributed by atoms with Gasteiger partial charge in [0, 0.05) is 29.8 Å². The molecule has 20 heavy (non-hydrogen) atoms. The number of fused-ring (bicyclic) bond motifs is 1. The molecular weight excluding hydrogens is 292 g/mol. The van der Waals surface area contributed by atoms with Crippen LogP contribution in [0.15, 0.2) is 18.3 Å². The van der Waals surface area contributed by atoms with Crippen molar-refractivity contribution in [1.29, 1.82) is 0 Å². The lowest BCUT2D eigenvalue weighted by atomic mass is 10.2. The Hall–Kier alpha value is -1.33. The zero-order valence-electron chi connectivity index (χ0n) is 11.2. The first-order valence-electron chi connectivity index (χ1n) is 6.62. The van der Waals surface area contributed by atoms with Crippen LogP contribution in [0.4, 0.5) is 5.82 Å². The molecule has 0 spiro atoms. The molecule has 3 heterocycles. The van der Waals surface area contributed by atoms with E-state index in [9.17, 15) is 0 Å². The van der Waals surface area contributed by atoms with Gasteiger partial charge in [0.1, 0.15) is 11.5 Å². The van der Waals surface area contributed by atoms with Gasteiger partial charge in [0.05, 0.1) is 10.7 Å². The SMILES string of the molecule is CCCNc1nc(-c2ncccc2Cl)nc2c1CSC2. The summed E-state index contributed by atoms with van der Waals surface area (Å²) in [6, 6.07) is 3.62. The molecule has 1 aliphatic rings. The molecule has 0 saturated carbocycles. The molecule has 4 nitrogen and oxygen atoms in total.